The highest BCUT2D eigenvalue weighted by Gasteiger charge is 2.42. The van der Waals surface area contributed by atoms with Gasteiger partial charge in [0.25, 0.3) is 6.47 Å². The van der Waals surface area contributed by atoms with Gasteiger partial charge in [-0.2, -0.15) is 4.58 Å². The first kappa shape index (κ1) is 26.2. The summed E-state index contributed by atoms with van der Waals surface area (Å²) in [7, 11) is 0. The van der Waals surface area contributed by atoms with E-state index in [-0.39, 0.29) is 11.8 Å². The maximum atomic E-state index is 11.6. The second kappa shape index (κ2) is 11.2. The standard InChI is InChI=1S/C32H32N2O5/c1-32(2)27(14-4-3-5-15-28-33(19-21-39-28)18-20-38-22-35)34(17-16-29(36)37)31-26-13-9-7-11-24(26)23-10-6-8-12-25(23)30(31)32/h3-15,22H,16-21H2,1-2H3/p+1. The minimum atomic E-state index is -0.819. The molecule has 39 heavy (non-hydrogen) atoms. The van der Waals surface area contributed by atoms with Gasteiger partial charge >= 0.3 is 11.9 Å². The molecule has 0 saturated carbocycles. The van der Waals surface area contributed by atoms with E-state index in [0.717, 1.165) is 29.2 Å². The van der Waals surface area contributed by atoms with Gasteiger partial charge in [0.05, 0.1) is 12.1 Å². The van der Waals surface area contributed by atoms with E-state index in [4.69, 9.17) is 9.47 Å². The van der Waals surface area contributed by atoms with Crippen molar-refractivity contribution >= 4 is 45.6 Å². The number of hydrogen-bond acceptors (Lipinski definition) is 5. The molecule has 0 spiro atoms. The molecular formula is C32H33N2O5+. The Kier molecular flexibility index (Phi) is 7.50. The van der Waals surface area contributed by atoms with Crippen molar-refractivity contribution in [2.75, 3.05) is 37.7 Å². The largest absolute Gasteiger partial charge is 0.481 e. The summed E-state index contributed by atoms with van der Waals surface area (Å²) in [5.41, 5.74) is 3.03. The third-order valence-electron chi connectivity index (χ3n) is 7.47. The highest BCUT2D eigenvalue weighted by Crippen LogP contribution is 2.54. The Bertz CT molecular complexity index is 1550. The molecule has 0 bridgehead atoms. The molecule has 0 aromatic heterocycles. The number of ether oxygens (including phenoxy) is 2. The monoisotopic (exact) mass is 525 g/mol. The highest BCUT2D eigenvalue weighted by molar-refractivity contribution is 6.17. The van der Waals surface area contributed by atoms with Crippen LogP contribution in [0.25, 0.3) is 21.5 Å². The predicted molar refractivity (Wildman–Crippen MR) is 153 cm³/mol. The number of carbonyl (C=O) groups excluding carboxylic acids is 1. The first-order valence-electron chi connectivity index (χ1n) is 13.2. The average molecular weight is 526 g/mol. The lowest BCUT2D eigenvalue weighted by molar-refractivity contribution is -0.519. The molecule has 0 unspecified atom stereocenters. The number of anilines is 1. The van der Waals surface area contributed by atoms with Gasteiger partial charge in [0.15, 0.2) is 19.7 Å². The van der Waals surface area contributed by atoms with Crippen LogP contribution in [0.2, 0.25) is 0 Å². The third-order valence-corrected chi connectivity index (χ3v) is 7.47. The molecule has 7 nitrogen and oxygen atoms in total. The number of hydrogen-bond donors (Lipinski definition) is 1. The number of fused-ring (bicyclic) bond motifs is 6. The van der Waals surface area contributed by atoms with Crippen LogP contribution in [-0.4, -0.2) is 60.9 Å². The molecule has 0 atom stereocenters. The molecule has 5 rings (SSSR count). The number of carbonyl (C=O) groups is 2. The lowest BCUT2D eigenvalue weighted by atomic mass is 9.80. The van der Waals surface area contributed by atoms with Crippen LogP contribution in [0.3, 0.4) is 0 Å². The minimum Gasteiger partial charge on any atom is -0.481 e. The molecule has 7 heteroatoms. The van der Waals surface area contributed by atoms with E-state index in [1.807, 2.05) is 34.9 Å². The predicted octanol–water partition coefficient (Wildman–Crippen LogP) is 5.18. The maximum absolute atomic E-state index is 11.6. The number of nitrogens with zero attached hydrogens (tertiary/aromatic N) is 2. The minimum absolute atomic E-state index is 0.0386. The fourth-order valence-corrected chi connectivity index (χ4v) is 5.76. The Hall–Kier alpha value is -4.39. The summed E-state index contributed by atoms with van der Waals surface area (Å²) < 4.78 is 12.5. The first-order valence-corrected chi connectivity index (χ1v) is 13.2. The van der Waals surface area contributed by atoms with Crippen LogP contribution < -0.4 is 4.90 Å². The van der Waals surface area contributed by atoms with Crippen LogP contribution in [0.1, 0.15) is 25.8 Å². The van der Waals surface area contributed by atoms with E-state index >= 15 is 0 Å². The quantitative estimate of drug-likeness (QED) is 0.129. The lowest BCUT2D eigenvalue weighted by Gasteiger charge is -2.26. The smallest absolute Gasteiger partial charge is 0.362 e. The van der Waals surface area contributed by atoms with Gasteiger partial charge in [-0.15, -0.1) is 0 Å². The Morgan fingerprint density at radius 1 is 1.05 bits per heavy atom. The summed E-state index contributed by atoms with van der Waals surface area (Å²) in [6.45, 7) is 7.51. The van der Waals surface area contributed by atoms with Crippen LogP contribution in [0.4, 0.5) is 5.69 Å². The summed E-state index contributed by atoms with van der Waals surface area (Å²) in [5.74, 6) is -0.0720. The van der Waals surface area contributed by atoms with Gasteiger partial charge < -0.3 is 19.5 Å². The summed E-state index contributed by atoms with van der Waals surface area (Å²) in [4.78, 5) is 24.2. The highest BCUT2D eigenvalue weighted by atomic mass is 16.5. The molecule has 0 saturated heterocycles. The van der Waals surface area contributed by atoms with Crippen LogP contribution in [0, 0.1) is 0 Å². The average Bonchev–Trinajstić information content (AvgIpc) is 3.47. The van der Waals surface area contributed by atoms with Crippen LogP contribution in [-0.2, 0) is 24.5 Å². The van der Waals surface area contributed by atoms with Crippen molar-refractivity contribution in [3.05, 3.63) is 90.2 Å². The van der Waals surface area contributed by atoms with E-state index in [0.29, 0.717) is 32.8 Å². The molecule has 2 aliphatic heterocycles. The molecule has 0 amide bonds. The topological polar surface area (TPSA) is 79.1 Å². The van der Waals surface area contributed by atoms with Gasteiger partial charge in [-0.3, -0.25) is 9.59 Å². The number of carboxylic acids is 1. The first-order chi connectivity index (χ1) is 18.9. The van der Waals surface area contributed by atoms with Crippen molar-refractivity contribution in [1.29, 1.82) is 0 Å². The number of aliphatic carboxylic acids is 1. The van der Waals surface area contributed by atoms with Crippen molar-refractivity contribution in [2.45, 2.75) is 25.7 Å². The van der Waals surface area contributed by atoms with Gasteiger partial charge in [0.2, 0.25) is 0 Å². The molecule has 2 heterocycles. The number of allylic oxidation sites excluding steroid dienone is 5. The molecule has 0 radical (unpaired) electrons. The summed E-state index contributed by atoms with van der Waals surface area (Å²) in [6.07, 6.45) is 9.90. The number of carboxylic acid groups (broad SMARTS) is 1. The third kappa shape index (κ3) is 5.04. The van der Waals surface area contributed by atoms with Crippen molar-refractivity contribution in [3.63, 3.8) is 0 Å². The fourth-order valence-electron chi connectivity index (χ4n) is 5.76. The van der Waals surface area contributed by atoms with Gasteiger partial charge in [-0.1, -0.05) is 80.6 Å². The van der Waals surface area contributed by atoms with E-state index < -0.39 is 5.97 Å². The molecule has 2 aliphatic rings. The van der Waals surface area contributed by atoms with Crippen LogP contribution in [0.5, 0.6) is 0 Å². The Labute approximate surface area is 227 Å². The van der Waals surface area contributed by atoms with Gasteiger partial charge in [0, 0.05) is 29.1 Å². The molecule has 3 aromatic carbocycles. The van der Waals surface area contributed by atoms with Crippen LogP contribution >= 0.6 is 0 Å². The molecule has 3 aromatic rings. The normalized spacial score (nSPS) is 17.6. The second-order valence-electron chi connectivity index (χ2n) is 10.2. The zero-order valence-electron chi connectivity index (χ0n) is 22.3. The molecule has 200 valence electrons. The Balaban J connectivity index is 1.53. The zero-order valence-corrected chi connectivity index (χ0v) is 22.3. The van der Waals surface area contributed by atoms with Crippen molar-refractivity contribution in [3.8, 4) is 0 Å². The van der Waals surface area contributed by atoms with E-state index in [1.165, 1.54) is 21.7 Å². The lowest BCUT2D eigenvalue weighted by Crippen LogP contribution is -2.28. The molecule has 1 N–H and O–H groups in total. The second-order valence-corrected chi connectivity index (χ2v) is 10.2. The summed E-state index contributed by atoms with van der Waals surface area (Å²) >= 11 is 0. The van der Waals surface area contributed by atoms with Crippen molar-refractivity contribution < 1.29 is 28.7 Å². The number of benzene rings is 3. The van der Waals surface area contributed by atoms with Gasteiger partial charge in [0.1, 0.15) is 6.61 Å². The molecule has 0 aliphatic carbocycles. The van der Waals surface area contributed by atoms with Gasteiger partial charge in [-0.25, -0.2) is 0 Å². The van der Waals surface area contributed by atoms with Crippen LogP contribution in [0.15, 0.2) is 84.6 Å². The summed E-state index contributed by atoms with van der Waals surface area (Å²) in [5, 5.41) is 14.2. The van der Waals surface area contributed by atoms with Crippen molar-refractivity contribution in [1.82, 2.24) is 0 Å². The fraction of sp³-hybridized carbons (Fsp3) is 0.281. The SMILES string of the molecule is CC1(C)C(=CC=CC=CC2=[N+](CCOC=O)CCO2)N(CCC(=O)O)c2c1c1ccccc1c1ccccc21. The zero-order chi connectivity index (χ0) is 27.4. The van der Waals surface area contributed by atoms with Crippen molar-refractivity contribution in [2.24, 2.45) is 0 Å². The van der Waals surface area contributed by atoms with E-state index in [1.54, 1.807) is 0 Å². The number of rotatable bonds is 10. The Morgan fingerprint density at radius 2 is 1.74 bits per heavy atom. The van der Waals surface area contributed by atoms with Gasteiger partial charge in [-0.05, 0) is 27.8 Å². The maximum Gasteiger partial charge on any atom is 0.362 e. The Morgan fingerprint density at radius 3 is 2.46 bits per heavy atom. The summed E-state index contributed by atoms with van der Waals surface area (Å²) in [6, 6.07) is 16.8. The van der Waals surface area contributed by atoms with E-state index in [2.05, 4.69) is 67.3 Å². The molecule has 0 fully saturated rings. The molecular weight excluding hydrogens is 492 g/mol. The van der Waals surface area contributed by atoms with E-state index in [9.17, 15) is 14.7 Å².